The van der Waals surface area contributed by atoms with Gasteiger partial charge in [-0.1, -0.05) is 0 Å². The molecule has 0 aliphatic carbocycles. The Morgan fingerprint density at radius 3 is 1.37 bits per heavy atom. The summed E-state index contributed by atoms with van der Waals surface area (Å²) in [5.41, 5.74) is 0. The molecule has 3 heteroatoms. The van der Waals surface area contributed by atoms with Crippen LogP contribution in [0.2, 0.25) is 9.45 Å². The van der Waals surface area contributed by atoms with Crippen molar-refractivity contribution in [2.75, 3.05) is 0 Å². The fourth-order valence-corrected chi connectivity index (χ4v) is 5.48. The number of rotatable bonds is 6. The van der Waals surface area contributed by atoms with E-state index in [0.717, 1.165) is 21.0 Å². The zero-order chi connectivity index (χ0) is 13.6. The number of benzene rings is 2. The van der Waals surface area contributed by atoms with Crippen LogP contribution in [0.25, 0.3) is 0 Å². The second-order valence-corrected chi connectivity index (χ2v) is 10.1. The van der Waals surface area contributed by atoms with E-state index in [-0.39, 0.29) is 0 Å². The second-order valence-electron chi connectivity index (χ2n) is 4.45. The molecule has 0 fully saturated rings. The molecule has 2 nitrogen and oxygen atoms in total. The monoisotopic (exact) mass is 292 g/mol. The van der Waals surface area contributed by atoms with E-state index in [1.54, 1.807) is 0 Å². The van der Waals surface area contributed by atoms with Gasteiger partial charge in [-0.15, -0.1) is 0 Å². The summed E-state index contributed by atoms with van der Waals surface area (Å²) in [6, 6.07) is 20.0. The molecule has 0 saturated carbocycles. The number of para-hydroxylation sites is 2. The van der Waals surface area contributed by atoms with Crippen LogP contribution in [-0.4, -0.2) is 0 Å². The summed E-state index contributed by atoms with van der Waals surface area (Å²) in [6.45, 7) is 4.32. The molecule has 0 saturated heterocycles. The third-order valence-corrected chi connectivity index (χ3v) is 8.43. The van der Waals surface area contributed by atoms with Crippen LogP contribution in [0.1, 0.15) is 13.8 Å². The van der Waals surface area contributed by atoms with Crippen LogP contribution in [0.5, 0.6) is 11.5 Å². The average Bonchev–Trinajstić information content (AvgIpc) is 2.48. The van der Waals surface area contributed by atoms with Crippen molar-refractivity contribution in [3.05, 3.63) is 60.7 Å². The summed E-state index contributed by atoms with van der Waals surface area (Å²) >= 11 is -2.79. The molecule has 2 rings (SSSR count). The van der Waals surface area contributed by atoms with E-state index >= 15 is 0 Å². The predicted octanol–water partition coefficient (Wildman–Crippen LogP) is 5.00. The Morgan fingerprint density at radius 2 is 1.05 bits per heavy atom. The quantitative estimate of drug-likeness (QED) is 0.697. The molecule has 19 heavy (non-hydrogen) atoms. The summed E-state index contributed by atoms with van der Waals surface area (Å²) < 4.78 is 14.5. The van der Waals surface area contributed by atoms with Gasteiger partial charge in [0.25, 0.3) is 0 Å². The van der Waals surface area contributed by atoms with Crippen LogP contribution >= 0.6 is 0 Å². The standard InChI is InChI=1S/2C6H6O.2C2H5.Ti/c2*7-6-4-2-1-3-5-6;2*1-2;/h2*1-5,7H;2*1H2,2H3;/q;;;;+2/p-2. The van der Waals surface area contributed by atoms with Gasteiger partial charge in [0.15, 0.2) is 0 Å². The number of hydrogen-bond acceptors (Lipinski definition) is 2. The first kappa shape index (κ1) is 14.2. The fraction of sp³-hybridized carbons (Fsp3) is 0.250. The van der Waals surface area contributed by atoms with Crippen molar-refractivity contribution in [1.82, 2.24) is 0 Å². The molecule has 0 spiro atoms. The van der Waals surface area contributed by atoms with Gasteiger partial charge in [0.2, 0.25) is 0 Å². The Labute approximate surface area is 119 Å². The molecule has 0 N–H and O–H groups in total. The normalized spacial score (nSPS) is 11.1. The number of hydrogen-bond donors (Lipinski definition) is 0. The third-order valence-electron chi connectivity index (χ3n) is 3.17. The van der Waals surface area contributed by atoms with E-state index in [0.29, 0.717) is 0 Å². The Hall–Kier alpha value is -1.25. The first-order chi connectivity index (χ1) is 9.28. The molecule has 0 atom stereocenters. The van der Waals surface area contributed by atoms with Gasteiger partial charge in [-0.05, 0) is 0 Å². The average molecular weight is 292 g/mol. The predicted molar refractivity (Wildman–Crippen MR) is 75.1 cm³/mol. The zero-order valence-corrected chi connectivity index (χ0v) is 13.1. The molecule has 2 aromatic carbocycles. The molecule has 0 bridgehead atoms. The summed E-state index contributed by atoms with van der Waals surface area (Å²) in [7, 11) is 0. The molecule has 0 aliphatic heterocycles. The Kier molecular flexibility index (Phi) is 5.06. The van der Waals surface area contributed by atoms with Gasteiger partial charge in [0.05, 0.1) is 0 Å². The van der Waals surface area contributed by atoms with E-state index in [4.69, 9.17) is 6.64 Å². The fourth-order valence-electron chi connectivity index (χ4n) is 1.97. The first-order valence-electron chi connectivity index (χ1n) is 6.76. The molecule has 0 heterocycles. The van der Waals surface area contributed by atoms with Gasteiger partial charge < -0.3 is 0 Å². The Morgan fingerprint density at radius 1 is 0.684 bits per heavy atom. The molecular formula is C16H20O2Ti. The minimum atomic E-state index is -2.79. The zero-order valence-electron chi connectivity index (χ0n) is 11.5. The van der Waals surface area contributed by atoms with Gasteiger partial charge in [-0.25, -0.2) is 0 Å². The molecule has 0 unspecified atom stereocenters. The second kappa shape index (κ2) is 6.79. The van der Waals surface area contributed by atoms with E-state index in [2.05, 4.69) is 13.8 Å². The SMILES string of the molecule is C[CH2][Ti]([CH2]C)([O]c1ccccc1)[O]c1ccccc1. The van der Waals surface area contributed by atoms with Crippen molar-refractivity contribution in [2.45, 2.75) is 23.3 Å². The Balaban J connectivity index is 2.18. The van der Waals surface area contributed by atoms with Crippen LogP contribution in [-0.2, 0) is 17.4 Å². The van der Waals surface area contributed by atoms with Crippen LogP contribution in [0.4, 0.5) is 0 Å². The summed E-state index contributed by atoms with van der Waals surface area (Å²) in [5, 5.41) is 0. The third kappa shape index (κ3) is 3.86. The van der Waals surface area contributed by atoms with Crippen molar-refractivity contribution >= 4 is 0 Å². The topological polar surface area (TPSA) is 18.5 Å². The molecule has 0 aliphatic rings. The summed E-state index contributed by atoms with van der Waals surface area (Å²) in [5.74, 6) is 1.84. The van der Waals surface area contributed by atoms with Gasteiger partial charge in [0.1, 0.15) is 0 Å². The van der Waals surface area contributed by atoms with E-state index in [1.807, 2.05) is 60.7 Å². The van der Waals surface area contributed by atoms with Crippen LogP contribution in [0.3, 0.4) is 0 Å². The van der Waals surface area contributed by atoms with Crippen molar-refractivity contribution in [3.63, 3.8) is 0 Å². The van der Waals surface area contributed by atoms with Gasteiger partial charge in [-0.3, -0.25) is 0 Å². The van der Waals surface area contributed by atoms with E-state index < -0.39 is 17.4 Å². The molecular weight excluding hydrogens is 272 g/mol. The molecule has 0 aromatic heterocycles. The van der Waals surface area contributed by atoms with Gasteiger partial charge >= 0.3 is 119 Å². The van der Waals surface area contributed by atoms with Crippen LogP contribution in [0.15, 0.2) is 60.7 Å². The molecule has 0 amide bonds. The minimum absolute atomic E-state index is 0.919. The van der Waals surface area contributed by atoms with Gasteiger partial charge in [0, 0.05) is 0 Å². The van der Waals surface area contributed by atoms with Crippen LogP contribution < -0.4 is 6.64 Å². The molecule has 100 valence electrons. The summed E-state index contributed by atoms with van der Waals surface area (Å²) in [6.07, 6.45) is 0. The van der Waals surface area contributed by atoms with Crippen molar-refractivity contribution in [1.29, 1.82) is 0 Å². The van der Waals surface area contributed by atoms with Crippen molar-refractivity contribution < 1.29 is 24.0 Å². The Bertz CT molecular complexity index is 437. The van der Waals surface area contributed by atoms with E-state index in [9.17, 15) is 0 Å². The maximum absolute atomic E-state index is 6.27. The molecule has 0 radical (unpaired) electrons. The maximum atomic E-state index is 6.27. The van der Waals surface area contributed by atoms with Crippen molar-refractivity contribution in [2.24, 2.45) is 0 Å². The first-order valence-corrected chi connectivity index (χ1v) is 10.2. The van der Waals surface area contributed by atoms with Crippen LogP contribution in [0, 0.1) is 0 Å². The van der Waals surface area contributed by atoms with Gasteiger partial charge in [-0.2, -0.15) is 0 Å². The molecule has 2 aromatic rings. The van der Waals surface area contributed by atoms with E-state index in [1.165, 1.54) is 0 Å². The summed E-state index contributed by atoms with van der Waals surface area (Å²) in [4.78, 5) is 0. The van der Waals surface area contributed by atoms with Crippen molar-refractivity contribution in [3.8, 4) is 11.5 Å².